The monoisotopic (exact) mass is 113 g/mol. The molecule has 1 aliphatic carbocycles. The summed E-state index contributed by atoms with van der Waals surface area (Å²) in [4.78, 5) is 0. The van der Waals surface area contributed by atoms with E-state index in [0.717, 1.165) is 11.8 Å². The molecule has 0 radical (unpaired) electrons. The Bertz CT molecular complexity index is 73.7. The molecule has 1 saturated carbocycles. The molecule has 0 heterocycles. The maximum absolute atomic E-state index is 5.72. The molecular weight excluding hydrogens is 98.1 g/mol. The largest absolute Gasteiger partial charge is 0.327 e. The van der Waals surface area contributed by atoms with Crippen molar-refractivity contribution in [1.82, 2.24) is 0 Å². The van der Waals surface area contributed by atoms with Crippen LogP contribution in [0.3, 0.4) is 0 Å². The molecule has 0 aromatic carbocycles. The summed E-state index contributed by atoms with van der Waals surface area (Å²) in [5, 5.41) is 0. The molecule has 0 aliphatic heterocycles. The van der Waals surface area contributed by atoms with E-state index >= 15 is 0 Å². The number of rotatable bonds is 1. The fourth-order valence-corrected chi connectivity index (χ4v) is 1.38. The van der Waals surface area contributed by atoms with Crippen LogP contribution in [0.2, 0.25) is 0 Å². The van der Waals surface area contributed by atoms with Crippen molar-refractivity contribution in [3.8, 4) is 0 Å². The van der Waals surface area contributed by atoms with Gasteiger partial charge >= 0.3 is 0 Å². The topological polar surface area (TPSA) is 26.0 Å². The van der Waals surface area contributed by atoms with Crippen molar-refractivity contribution in [2.75, 3.05) is 0 Å². The first-order valence-corrected chi connectivity index (χ1v) is 3.47. The van der Waals surface area contributed by atoms with E-state index in [2.05, 4.69) is 13.8 Å². The van der Waals surface area contributed by atoms with Crippen LogP contribution in [0.4, 0.5) is 0 Å². The van der Waals surface area contributed by atoms with Crippen LogP contribution in [0.25, 0.3) is 0 Å². The Balaban J connectivity index is 2.26. The molecule has 1 nitrogen and oxygen atoms in total. The zero-order chi connectivity index (χ0) is 6.15. The molecule has 8 heavy (non-hydrogen) atoms. The minimum absolute atomic E-state index is 0.523. The Morgan fingerprint density at radius 2 is 2.00 bits per heavy atom. The molecule has 0 spiro atoms. The zero-order valence-corrected chi connectivity index (χ0v) is 5.72. The summed E-state index contributed by atoms with van der Waals surface area (Å²) in [7, 11) is 0. The van der Waals surface area contributed by atoms with E-state index in [4.69, 9.17) is 5.73 Å². The summed E-state index contributed by atoms with van der Waals surface area (Å²) in [6.07, 6.45) is 2.61. The van der Waals surface area contributed by atoms with E-state index in [1.807, 2.05) is 0 Å². The van der Waals surface area contributed by atoms with Crippen molar-refractivity contribution >= 4 is 0 Å². The van der Waals surface area contributed by atoms with Gasteiger partial charge in [-0.15, -0.1) is 0 Å². The second-order valence-electron chi connectivity index (χ2n) is 3.15. The van der Waals surface area contributed by atoms with E-state index < -0.39 is 0 Å². The highest BCUT2D eigenvalue weighted by atomic mass is 14.7. The third-order valence-electron chi connectivity index (χ3n) is 2.24. The lowest BCUT2D eigenvalue weighted by Crippen LogP contribution is -2.42. The van der Waals surface area contributed by atoms with Gasteiger partial charge < -0.3 is 5.73 Å². The molecule has 0 unspecified atom stereocenters. The highest BCUT2D eigenvalue weighted by Crippen LogP contribution is 2.31. The molecule has 1 aliphatic rings. The van der Waals surface area contributed by atoms with Crippen LogP contribution in [0.15, 0.2) is 0 Å². The van der Waals surface area contributed by atoms with Gasteiger partial charge in [0.25, 0.3) is 0 Å². The highest BCUT2D eigenvalue weighted by molar-refractivity contribution is 4.85. The number of hydrogen-bond donors (Lipinski definition) is 1. The first-order chi connectivity index (χ1) is 3.72. The molecule has 48 valence electrons. The second-order valence-corrected chi connectivity index (χ2v) is 3.15. The van der Waals surface area contributed by atoms with Gasteiger partial charge in [0.1, 0.15) is 0 Å². The average molecular weight is 113 g/mol. The quantitative estimate of drug-likeness (QED) is 0.546. The highest BCUT2D eigenvalue weighted by Gasteiger charge is 2.29. The van der Waals surface area contributed by atoms with E-state index in [-0.39, 0.29) is 0 Å². The Morgan fingerprint density at radius 3 is 2.00 bits per heavy atom. The standard InChI is InChI=1S/C7H15N/c1-5(2)6-3-4-7(6)8/h5-7H,3-4,8H2,1-2H3/t6-,7-/m1/s1. The molecule has 1 heteroatoms. The lowest BCUT2D eigenvalue weighted by molar-refractivity contribution is 0.190. The van der Waals surface area contributed by atoms with Gasteiger partial charge in [-0.1, -0.05) is 13.8 Å². The van der Waals surface area contributed by atoms with Crippen molar-refractivity contribution in [1.29, 1.82) is 0 Å². The molecule has 1 fully saturated rings. The van der Waals surface area contributed by atoms with Crippen LogP contribution >= 0.6 is 0 Å². The molecule has 1 rings (SSSR count). The molecule has 0 saturated heterocycles. The lowest BCUT2D eigenvalue weighted by Gasteiger charge is -2.36. The van der Waals surface area contributed by atoms with Crippen molar-refractivity contribution in [3.05, 3.63) is 0 Å². The normalized spacial score (nSPS) is 37.5. The van der Waals surface area contributed by atoms with E-state index in [0.29, 0.717) is 6.04 Å². The molecule has 0 bridgehead atoms. The molecule has 0 aromatic heterocycles. The number of hydrogen-bond acceptors (Lipinski definition) is 1. The van der Waals surface area contributed by atoms with Gasteiger partial charge in [-0.2, -0.15) is 0 Å². The van der Waals surface area contributed by atoms with Gasteiger partial charge in [0.2, 0.25) is 0 Å². The predicted octanol–water partition coefficient (Wildman–Crippen LogP) is 1.38. The summed E-state index contributed by atoms with van der Waals surface area (Å²) < 4.78 is 0. The zero-order valence-electron chi connectivity index (χ0n) is 5.72. The predicted molar refractivity (Wildman–Crippen MR) is 35.5 cm³/mol. The third kappa shape index (κ3) is 0.873. The van der Waals surface area contributed by atoms with Gasteiger partial charge in [-0.3, -0.25) is 0 Å². The smallest absolute Gasteiger partial charge is 0.00697 e. The van der Waals surface area contributed by atoms with Crippen molar-refractivity contribution in [2.45, 2.75) is 32.7 Å². The van der Waals surface area contributed by atoms with Crippen LogP contribution in [-0.2, 0) is 0 Å². The van der Waals surface area contributed by atoms with Gasteiger partial charge in [0, 0.05) is 6.04 Å². The van der Waals surface area contributed by atoms with Crippen molar-refractivity contribution in [2.24, 2.45) is 17.6 Å². The van der Waals surface area contributed by atoms with Crippen molar-refractivity contribution in [3.63, 3.8) is 0 Å². The second kappa shape index (κ2) is 2.06. The molecule has 0 amide bonds. The van der Waals surface area contributed by atoms with E-state index in [1.54, 1.807) is 0 Å². The first-order valence-electron chi connectivity index (χ1n) is 3.47. The van der Waals surface area contributed by atoms with Crippen LogP contribution < -0.4 is 5.73 Å². The van der Waals surface area contributed by atoms with Crippen LogP contribution in [0.1, 0.15) is 26.7 Å². The summed E-state index contributed by atoms with van der Waals surface area (Å²) in [5.74, 6) is 1.63. The number of nitrogens with two attached hydrogens (primary N) is 1. The Labute approximate surface area is 51.3 Å². The summed E-state index contributed by atoms with van der Waals surface area (Å²) >= 11 is 0. The Morgan fingerprint density at radius 1 is 1.38 bits per heavy atom. The van der Waals surface area contributed by atoms with E-state index in [9.17, 15) is 0 Å². The molecular formula is C7H15N. The fourth-order valence-electron chi connectivity index (χ4n) is 1.38. The Kier molecular flexibility index (Phi) is 1.57. The average Bonchev–Trinajstić information content (AvgIpc) is 1.61. The van der Waals surface area contributed by atoms with Gasteiger partial charge in [-0.25, -0.2) is 0 Å². The summed E-state index contributed by atoms with van der Waals surface area (Å²) in [6, 6.07) is 0.523. The fraction of sp³-hybridized carbons (Fsp3) is 1.00. The van der Waals surface area contributed by atoms with Gasteiger partial charge in [0.05, 0.1) is 0 Å². The van der Waals surface area contributed by atoms with Gasteiger partial charge in [-0.05, 0) is 24.7 Å². The lowest BCUT2D eigenvalue weighted by atomic mass is 9.73. The van der Waals surface area contributed by atoms with E-state index in [1.165, 1.54) is 12.8 Å². The molecule has 2 N–H and O–H groups in total. The van der Waals surface area contributed by atoms with Crippen molar-refractivity contribution < 1.29 is 0 Å². The minimum atomic E-state index is 0.523. The maximum Gasteiger partial charge on any atom is 0.00697 e. The minimum Gasteiger partial charge on any atom is -0.327 e. The SMILES string of the molecule is CC(C)[C@H]1CC[C@H]1N. The third-order valence-corrected chi connectivity index (χ3v) is 2.24. The van der Waals surface area contributed by atoms with Crippen LogP contribution in [0, 0.1) is 11.8 Å². The molecule has 0 aromatic rings. The summed E-state index contributed by atoms with van der Waals surface area (Å²) in [5.41, 5.74) is 5.72. The molecule has 2 atom stereocenters. The van der Waals surface area contributed by atoms with Gasteiger partial charge in [0.15, 0.2) is 0 Å². The summed E-state index contributed by atoms with van der Waals surface area (Å²) in [6.45, 7) is 4.51. The van der Waals surface area contributed by atoms with Crippen LogP contribution in [0.5, 0.6) is 0 Å². The first kappa shape index (κ1) is 6.09. The van der Waals surface area contributed by atoms with Crippen LogP contribution in [-0.4, -0.2) is 6.04 Å². The Hall–Kier alpha value is -0.0400. The maximum atomic E-state index is 5.72.